The van der Waals surface area contributed by atoms with Crippen LogP contribution in [0.15, 0.2) is 6.20 Å². The number of aliphatic carboxylic acids is 1. The summed E-state index contributed by atoms with van der Waals surface area (Å²) in [4.78, 5) is 14.2. The molecule has 4 nitrogen and oxygen atoms in total. The van der Waals surface area contributed by atoms with Gasteiger partial charge in [0.15, 0.2) is 0 Å². The van der Waals surface area contributed by atoms with E-state index in [2.05, 4.69) is 4.98 Å². The lowest BCUT2D eigenvalue weighted by Crippen LogP contribution is -2.32. The van der Waals surface area contributed by atoms with E-state index in [0.717, 1.165) is 0 Å². The highest BCUT2D eigenvalue weighted by molar-refractivity contribution is 7.15. The van der Waals surface area contributed by atoms with Gasteiger partial charge in [0, 0.05) is 6.42 Å². The van der Waals surface area contributed by atoms with Gasteiger partial charge in [-0.15, -0.1) is 11.3 Å². The zero-order chi connectivity index (χ0) is 9.14. The minimum absolute atomic E-state index is 0.229. The summed E-state index contributed by atoms with van der Waals surface area (Å²) in [5, 5.41) is 9.12. The number of nitrogens with zero attached hydrogens (tertiary/aromatic N) is 1. The van der Waals surface area contributed by atoms with Gasteiger partial charge in [-0.2, -0.15) is 0 Å². The minimum Gasteiger partial charge on any atom is -0.480 e. The zero-order valence-electron chi connectivity index (χ0n) is 6.03. The number of carbonyl (C=O) groups is 1. The van der Waals surface area contributed by atoms with Crippen LogP contribution < -0.4 is 5.73 Å². The SMILES string of the molecule is N[C@H](Cc1ncc(Cl)s1)C(=O)O. The van der Waals surface area contributed by atoms with Gasteiger partial charge in [0.1, 0.15) is 10.4 Å². The highest BCUT2D eigenvalue weighted by atomic mass is 35.5. The predicted molar refractivity (Wildman–Crippen MR) is 46.4 cm³/mol. The molecule has 0 saturated heterocycles. The smallest absolute Gasteiger partial charge is 0.320 e. The van der Waals surface area contributed by atoms with Gasteiger partial charge in [-0.3, -0.25) is 4.79 Å². The molecule has 0 spiro atoms. The largest absolute Gasteiger partial charge is 0.480 e. The second kappa shape index (κ2) is 3.84. The molecule has 0 radical (unpaired) electrons. The number of hydrogen-bond donors (Lipinski definition) is 2. The van der Waals surface area contributed by atoms with E-state index in [1.165, 1.54) is 17.5 Å². The van der Waals surface area contributed by atoms with Gasteiger partial charge in [-0.05, 0) is 0 Å². The Labute approximate surface area is 78.0 Å². The number of halogens is 1. The van der Waals surface area contributed by atoms with Crippen molar-refractivity contribution in [3.05, 3.63) is 15.5 Å². The summed E-state index contributed by atoms with van der Waals surface area (Å²) in [5.41, 5.74) is 5.28. The van der Waals surface area contributed by atoms with Crippen LogP contribution in [0.2, 0.25) is 4.34 Å². The van der Waals surface area contributed by atoms with Gasteiger partial charge in [-0.25, -0.2) is 4.98 Å². The Morgan fingerprint density at radius 3 is 3.00 bits per heavy atom. The fraction of sp³-hybridized carbons (Fsp3) is 0.333. The number of hydrogen-bond acceptors (Lipinski definition) is 4. The Hall–Kier alpha value is -0.650. The molecule has 0 aliphatic carbocycles. The van der Waals surface area contributed by atoms with Crippen molar-refractivity contribution in [3.8, 4) is 0 Å². The second-order valence-electron chi connectivity index (χ2n) is 2.21. The molecule has 0 saturated carbocycles. The topological polar surface area (TPSA) is 76.2 Å². The molecule has 1 rings (SSSR count). The lowest BCUT2D eigenvalue weighted by Gasteiger charge is -2.01. The molecule has 0 fully saturated rings. The van der Waals surface area contributed by atoms with Crippen LogP contribution >= 0.6 is 22.9 Å². The maximum absolute atomic E-state index is 10.3. The van der Waals surface area contributed by atoms with Crippen molar-refractivity contribution in [2.75, 3.05) is 0 Å². The molecule has 0 bridgehead atoms. The quantitative estimate of drug-likeness (QED) is 0.765. The molecule has 6 heteroatoms. The van der Waals surface area contributed by atoms with Gasteiger partial charge in [-0.1, -0.05) is 11.6 Å². The zero-order valence-corrected chi connectivity index (χ0v) is 7.60. The van der Waals surface area contributed by atoms with Gasteiger partial charge >= 0.3 is 5.97 Å². The minimum atomic E-state index is -1.03. The molecule has 0 aliphatic rings. The van der Waals surface area contributed by atoms with Crippen LogP contribution in [-0.4, -0.2) is 22.1 Å². The third-order valence-electron chi connectivity index (χ3n) is 1.24. The summed E-state index contributed by atoms with van der Waals surface area (Å²) in [6.07, 6.45) is 1.71. The molecule has 0 aliphatic heterocycles. The molecule has 0 aromatic carbocycles. The third-order valence-corrected chi connectivity index (χ3v) is 2.37. The predicted octanol–water partition coefficient (Wildman–Crippen LogP) is 0.751. The van der Waals surface area contributed by atoms with E-state index in [0.29, 0.717) is 9.34 Å². The van der Waals surface area contributed by atoms with E-state index in [1.54, 1.807) is 0 Å². The Morgan fingerprint density at radius 2 is 2.58 bits per heavy atom. The van der Waals surface area contributed by atoms with Crippen LogP contribution in [0.5, 0.6) is 0 Å². The Balaban J connectivity index is 2.58. The van der Waals surface area contributed by atoms with Gasteiger partial charge in [0.2, 0.25) is 0 Å². The third kappa shape index (κ3) is 2.44. The van der Waals surface area contributed by atoms with Crippen molar-refractivity contribution in [2.45, 2.75) is 12.5 Å². The summed E-state index contributed by atoms with van der Waals surface area (Å²) in [6, 6.07) is -0.896. The second-order valence-corrected chi connectivity index (χ2v) is 3.95. The lowest BCUT2D eigenvalue weighted by molar-refractivity contribution is -0.138. The van der Waals surface area contributed by atoms with Crippen molar-refractivity contribution in [3.63, 3.8) is 0 Å². The Bertz CT molecular complexity index is 289. The average Bonchev–Trinajstić information content (AvgIpc) is 2.35. The van der Waals surface area contributed by atoms with E-state index in [-0.39, 0.29) is 6.42 Å². The molecule has 1 heterocycles. The summed E-state index contributed by atoms with van der Waals surface area (Å²) in [7, 11) is 0. The van der Waals surface area contributed by atoms with Crippen molar-refractivity contribution in [2.24, 2.45) is 5.73 Å². The van der Waals surface area contributed by atoms with E-state index < -0.39 is 12.0 Å². The van der Waals surface area contributed by atoms with Crippen molar-refractivity contribution in [1.29, 1.82) is 0 Å². The van der Waals surface area contributed by atoms with Crippen molar-refractivity contribution in [1.82, 2.24) is 4.98 Å². The molecule has 0 unspecified atom stereocenters. The fourth-order valence-electron chi connectivity index (χ4n) is 0.658. The molecule has 1 aromatic heterocycles. The van der Waals surface area contributed by atoms with Crippen LogP contribution in [0.4, 0.5) is 0 Å². The van der Waals surface area contributed by atoms with E-state index >= 15 is 0 Å². The standard InChI is InChI=1S/C6H7ClN2O2S/c7-4-2-9-5(12-4)1-3(8)6(10)11/h2-3H,1,8H2,(H,10,11)/t3-/m1/s1. The molecule has 1 atom stereocenters. The first-order valence-electron chi connectivity index (χ1n) is 3.18. The molecule has 3 N–H and O–H groups in total. The van der Waals surface area contributed by atoms with Crippen molar-refractivity contribution >= 4 is 28.9 Å². The number of aromatic nitrogens is 1. The highest BCUT2D eigenvalue weighted by Gasteiger charge is 2.13. The lowest BCUT2D eigenvalue weighted by atomic mass is 10.2. The fourth-order valence-corrected chi connectivity index (χ4v) is 1.67. The van der Waals surface area contributed by atoms with Gasteiger partial charge in [0.25, 0.3) is 0 Å². The molecule has 66 valence electrons. The summed E-state index contributed by atoms with van der Waals surface area (Å²) >= 11 is 6.84. The molecule has 1 aromatic rings. The first-order valence-corrected chi connectivity index (χ1v) is 4.37. The first kappa shape index (κ1) is 9.44. The number of nitrogens with two attached hydrogens (primary N) is 1. The van der Waals surface area contributed by atoms with Crippen LogP contribution in [0, 0.1) is 0 Å². The van der Waals surface area contributed by atoms with Gasteiger partial charge < -0.3 is 10.8 Å². The first-order chi connectivity index (χ1) is 5.59. The highest BCUT2D eigenvalue weighted by Crippen LogP contribution is 2.18. The summed E-state index contributed by atoms with van der Waals surface area (Å²) < 4.78 is 0.544. The summed E-state index contributed by atoms with van der Waals surface area (Å²) in [6.45, 7) is 0. The number of carboxylic acid groups (broad SMARTS) is 1. The Morgan fingerprint density at radius 1 is 1.92 bits per heavy atom. The van der Waals surface area contributed by atoms with Crippen LogP contribution in [0.25, 0.3) is 0 Å². The Kier molecular flexibility index (Phi) is 3.02. The molecule has 0 amide bonds. The van der Waals surface area contributed by atoms with Crippen LogP contribution in [0.3, 0.4) is 0 Å². The monoisotopic (exact) mass is 206 g/mol. The van der Waals surface area contributed by atoms with E-state index in [9.17, 15) is 4.79 Å². The average molecular weight is 207 g/mol. The molecular formula is C6H7ClN2O2S. The molecular weight excluding hydrogens is 200 g/mol. The van der Waals surface area contributed by atoms with E-state index in [4.69, 9.17) is 22.4 Å². The number of thiazole rings is 1. The maximum atomic E-state index is 10.3. The van der Waals surface area contributed by atoms with Gasteiger partial charge in [0.05, 0.1) is 11.2 Å². The molecule has 12 heavy (non-hydrogen) atoms. The normalized spacial score (nSPS) is 12.8. The number of rotatable bonds is 3. The number of carboxylic acids is 1. The maximum Gasteiger partial charge on any atom is 0.320 e. The summed E-state index contributed by atoms with van der Waals surface area (Å²) in [5.74, 6) is -1.03. The van der Waals surface area contributed by atoms with E-state index in [1.807, 2.05) is 0 Å². The van der Waals surface area contributed by atoms with Crippen LogP contribution in [0.1, 0.15) is 5.01 Å². The van der Waals surface area contributed by atoms with Crippen molar-refractivity contribution < 1.29 is 9.90 Å². The van der Waals surface area contributed by atoms with Crippen LogP contribution in [-0.2, 0) is 11.2 Å².